The Morgan fingerprint density at radius 2 is 1.91 bits per heavy atom. The van der Waals surface area contributed by atoms with Crippen LogP contribution in [0.1, 0.15) is 78.9 Å². The number of piperazine rings is 1. The van der Waals surface area contributed by atoms with Crippen molar-refractivity contribution in [1.82, 2.24) is 25.5 Å². The lowest BCUT2D eigenvalue weighted by Gasteiger charge is -2.37. The largest absolute Gasteiger partial charge is 0.486 e. The van der Waals surface area contributed by atoms with Crippen LogP contribution in [0.15, 0.2) is 41.1 Å². The normalized spacial score (nSPS) is 19.9. The van der Waals surface area contributed by atoms with E-state index < -0.39 is 6.10 Å². The zero-order chi connectivity index (χ0) is 32.0. The molecule has 0 radical (unpaired) electrons. The van der Waals surface area contributed by atoms with Crippen LogP contribution >= 0.6 is 0 Å². The minimum absolute atomic E-state index is 0.152. The van der Waals surface area contributed by atoms with Gasteiger partial charge in [-0.1, -0.05) is 25.3 Å². The minimum atomic E-state index is -0.743. The molecule has 0 bridgehead atoms. The molecule has 46 heavy (non-hydrogen) atoms. The van der Waals surface area contributed by atoms with Gasteiger partial charge in [0.2, 0.25) is 0 Å². The molecule has 1 saturated carbocycles. The topological polar surface area (TPSA) is 128 Å². The summed E-state index contributed by atoms with van der Waals surface area (Å²) in [6.07, 6.45) is 7.31. The van der Waals surface area contributed by atoms with Crippen LogP contribution in [-0.4, -0.2) is 82.8 Å². The minimum Gasteiger partial charge on any atom is -0.486 e. The molecule has 2 fully saturated rings. The van der Waals surface area contributed by atoms with E-state index in [1.54, 1.807) is 0 Å². The average molecular weight is 632 g/mol. The summed E-state index contributed by atoms with van der Waals surface area (Å²) in [5.41, 5.74) is 3.68. The molecule has 248 valence electrons. The summed E-state index contributed by atoms with van der Waals surface area (Å²) in [6, 6.07) is 10.5. The summed E-state index contributed by atoms with van der Waals surface area (Å²) in [4.78, 5) is 27.3. The third-order valence-electron chi connectivity index (χ3n) is 9.72. The van der Waals surface area contributed by atoms with Crippen molar-refractivity contribution in [1.29, 1.82) is 0 Å². The Balaban J connectivity index is 1.06. The highest BCUT2D eigenvalue weighted by molar-refractivity contribution is 5.95. The molecule has 11 nitrogen and oxygen atoms in total. The van der Waals surface area contributed by atoms with Gasteiger partial charge in [0.05, 0.1) is 11.8 Å². The summed E-state index contributed by atoms with van der Waals surface area (Å²) in [5.74, 6) is 2.87. The SMILES string of the molecule is Cc1ncoc1COc1ccc2c(c1)CN[C@H]([C@H](O)CNC(=O)c1cc(NC3CCCCC3)nc(N3CCN(C(C)C)CC3)c1)C2. The van der Waals surface area contributed by atoms with E-state index in [9.17, 15) is 9.90 Å². The first kappa shape index (κ1) is 32.3. The van der Waals surface area contributed by atoms with E-state index in [0.29, 0.717) is 43.0 Å². The molecule has 0 spiro atoms. The number of aliphatic hydroxyl groups excluding tert-OH is 1. The third-order valence-corrected chi connectivity index (χ3v) is 9.72. The van der Waals surface area contributed by atoms with E-state index in [1.807, 2.05) is 31.2 Å². The number of fused-ring (bicyclic) bond motifs is 1. The summed E-state index contributed by atoms with van der Waals surface area (Å²) in [6.45, 7) is 11.1. The van der Waals surface area contributed by atoms with Crippen molar-refractivity contribution in [2.75, 3.05) is 42.9 Å². The number of amides is 1. The number of ether oxygens (including phenoxy) is 1. The summed E-state index contributed by atoms with van der Waals surface area (Å²) >= 11 is 0. The summed E-state index contributed by atoms with van der Waals surface area (Å²) in [5, 5.41) is 21.2. The number of oxazole rings is 1. The fourth-order valence-electron chi connectivity index (χ4n) is 6.74. The predicted octanol–water partition coefficient (Wildman–Crippen LogP) is 4.04. The molecule has 4 N–H and O–H groups in total. The van der Waals surface area contributed by atoms with E-state index in [0.717, 1.165) is 73.2 Å². The van der Waals surface area contributed by atoms with Crippen LogP contribution in [0.2, 0.25) is 0 Å². The van der Waals surface area contributed by atoms with Gasteiger partial charge in [0.25, 0.3) is 5.91 Å². The number of anilines is 2. The molecule has 2 aliphatic heterocycles. The van der Waals surface area contributed by atoms with Crippen LogP contribution in [-0.2, 0) is 19.6 Å². The Kier molecular flexibility index (Phi) is 10.4. The van der Waals surface area contributed by atoms with Crippen LogP contribution in [0.25, 0.3) is 0 Å². The van der Waals surface area contributed by atoms with Crippen molar-refractivity contribution in [3.63, 3.8) is 0 Å². The fraction of sp³-hybridized carbons (Fsp3) is 0.571. The van der Waals surface area contributed by atoms with E-state index >= 15 is 0 Å². The second-order valence-corrected chi connectivity index (χ2v) is 13.2. The van der Waals surface area contributed by atoms with Gasteiger partial charge in [0, 0.05) is 63.0 Å². The summed E-state index contributed by atoms with van der Waals surface area (Å²) < 4.78 is 11.3. The van der Waals surface area contributed by atoms with E-state index in [1.165, 1.54) is 25.7 Å². The number of aliphatic hydroxyl groups is 1. The molecular formula is C35H49N7O4. The quantitative estimate of drug-likeness (QED) is 0.246. The maximum Gasteiger partial charge on any atom is 0.251 e. The molecule has 1 aromatic carbocycles. The Morgan fingerprint density at radius 3 is 2.65 bits per heavy atom. The van der Waals surface area contributed by atoms with Crippen LogP contribution in [0.4, 0.5) is 11.6 Å². The standard InChI is InChI=1S/C35H49N7O4/c1-23(2)41-11-13-42(14-12-41)34-18-26(17-33(40-34)39-28-7-5-4-6-8-28)35(44)37-20-31(43)30-16-25-9-10-29(15-27(25)19-36-30)45-21-32-24(3)38-22-46-32/h9-10,15,17-18,22-23,28,30-31,36,43H,4-8,11-14,16,19-21H2,1-3H3,(H,37,44)(H,39,40)/t30-,31+/m0/s1. The number of hydrogen-bond acceptors (Lipinski definition) is 10. The van der Waals surface area contributed by atoms with Crippen LogP contribution in [0.3, 0.4) is 0 Å². The third kappa shape index (κ3) is 8.00. The van der Waals surface area contributed by atoms with E-state index in [-0.39, 0.29) is 18.5 Å². The molecule has 11 heteroatoms. The Hall–Kier alpha value is -3.67. The number of aryl methyl sites for hydroxylation is 1. The lowest BCUT2D eigenvalue weighted by Crippen LogP contribution is -2.49. The monoisotopic (exact) mass is 631 g/mol. The van der Waals surface area contributed by atoms with Crippen molar-refractivity contribution in [3.8, 4) is 5.75 Å². The zero-order valence-electron chi connectivity index (χ0n) is 27.4. The highest BCUT2D eigenvalue weighted by Crippen LogP contribution is 2.26. The highest BCUT2D eigenvalue weighted by Gasteiger charge is 2.27. The zero-order valence-corrected chi connectivity index (χ0v) is 27.4. The van der Waals surface area contributed by atoms with Crippen molar-refractivity contribution in [3.05, 3.63) is 64.9 Å². The van der Waals surface area contributed by atoms with Gasteiger partial charge in [-0.2, -0.15) is 0 Å². The molecule has 2 atom stereocenters. The summed E-state index contributed by atoms with van der Waals surface area (Å²) in [7, 11) is 0. The van der Waals surface area contributed by atoms with Gasteiger partial charge in [-0.3, -0.25) is 9.69 Å². The second-order valence-electron chi connectivity index (χ2n) is 13.2. The van der Waals surface area contributed by atoms with Gasteiger partial charge in [0.1, 0.15) is 24.0 Å². The number of rotatable bonds is 11. The number of hydrogen-bond donors (Lipinski definition) is 4. The lowest BCUT2D eigenvalue weighted by atomic mass is 9.92. The molecule has 3 aliphatic rings. The highest BCUT2D eigenvalue weighted by atomic mass is 16.5. The van der Waals surface area contributed by atoms with Gasteiger partial charge in [-0.25, -0.2) is 9.97 Å². The van der Waals surface area contributed by atoms with Crippen LogP contribution in [0.5, 0.6) is 5.75 Å². The van der Waals surface area contributed by atoms with Crippen molar-refractivity contribution >= 4 is 17.5 Å². The Bertz CT molecular complexity index is 1460. The molecule has 1 aliphatic carbocycles. The maximum atomic E-state index is 13.5. The number of benzene rings is 1. The van der Waals surface area contributed by atoms with Crippen molar-refractivity contribution < 1.29 is 19.1 Å². The Morgan fingerprint density at radius 1 is 1.11 bits per heavy atom. The number of pyridine rings is 1. The van der Waals surface area contributed by atoms with Gasteiger partial charge in [-0.15, -0.1) is 0 Å². The van der Waals surface area contributed by atoms with Crippen molar-refractivity contribution in [2.45, 2.75) is 96.7 Å². The molecule has 2 aromatic heterocycles. The first-order chi connectivity index (χ1) is 22.3. The molecule has 0 unspecified atom stereocenters. The van der Waals surface area contributed by atoms with Gasteiger partial charge in [0.15, 0.2) is 12.2 Å². The number of nitrogens with zero attached hydrogens (tertiary/aromatic N) is 4. The van der Waals surface area contributed by atoms with Gasteiger partial charge >= 0.3 is 0 Å². The van der Waals surface area contributed by atoms with Crippen LogP contribution in [0, 0.1) is 6.92 Å². The average Bonchev–Trinajstić information content (AvgIpc) is 3.50. The number of nitrogens with one attached hydrogen (secondary N) is 3. The first-order valence-electron chi connectivity index (χ1n) is 16.9. The Labute approximate surface area is 272 Å². The molecule has 1 saturated heterocycles. The maximum absolute atomic E-state index is 13.5. The number of aromatic nitrogens is 2. The van der Waals surface area contributed by atoms with Gasteiger partial charge in [-0.05, 0) is 75.4 Å². The lowest BCUT2D eigenvalue weighted by molar-refractivity contribution is 0.0870. The predicted molar refractivity (Wildman–Crippen MR) is 178 cm³/mol. The van der Waals surface area contributed by atoms with E-state index in [4.69, 9.17) is 14.1 Å². The van der Waals surface area contributed by atoms with Gasteiger partial charge < -0.3 is 35.1 Å². The molecule has 4 heterocycles. The smallest absolute Gasteiger partial charge is 0.251 e. The molecule has 3 aromatic rings. The number of carbonyl (C=O) groups excluding carboxylic acids is 1. The first-order valence-corrected chi connectivity index (χ1v) is 16.9. The fourth-order valence-corrected chi connectivity index (χ4v) is 6.74. The van der Waals surface area contributed by atoms with Crippen LogP contribution < -0.4 is 25.6 Å². The second kappa shape index (κ2) is 14.8. The van der Waals surface area contributed by atoms with E-state index in [2.05, 4.69) is 50.6 Å². The molecule has 6 rings (SSSR count). The molecular weight excluding hydrogens is 582 g/mol. The number of carbonyl (C=O) groups is 1. The van der Waals surface area contributed by atoms with Crippen molar-refractivity contribution in [2.24, 2.45) is 0 Å². The molecule has 1 amide bonds.